The molecule has 8 heteroatoms. The smallest absolute Gasteiger partial charge is 0.387 e. The molecule has 2 rings (SSSR count). The average molecular weight is 255 g/mol. The van der Waals surface area contributed by atoms with Gasteiger partial charge in [-0.25, -0.2) is 4.98 Å². The normalized spacial score (nSPS) is 10.6. The van der Waals surface area contributed by atoms with E-state index in [1.54, 1.807) is 23.1 Å². The van der Waals surface area contributed by atoms with Crippen LogP contribution in [0.5, 0.6) is 5.75 Å². The second-order valence-corrected chi connectivity index (χ2v) is 3.35. The molecule has 2 aromatic heterocycles. The molecule has 0 saturated carbocycles. The lowest BCUT2D eigenvalue weighted by molar-refractivity contribution is -0.0500. The number of pyridine rings is 1. The number of ether oxygens (including phenoxy) is 1. The number of alkyl halides is 2. The first kappa shape index (κ1) is 12.2. The van der Waals surface area contributed by atoms with E-state index in [4.69, 9.17) is 0 Å². The van der Waals surface area contributed by atoms with Crippen LogP contribution in [-0.2, 0) is 6.54 Å². The molecule has 0 bridgehead atoms. The van der Waals surface area contributed by atoms with Crippen molar-refractivity contribution >= 4 is 5.82 Å². The highest BCUT2D eigenvalue weighted by Crippen LogP contribution is 2.14. The summed E-state index contributed by atoms with van der Waals surface area (Å²) in [5, 5.41) is 10.5. The van der Waals surface area contributed by atoms with E-state index in [9.17, 15) is 8.78 Å². The van der Waals surface area contributed by atoms with Gasteiger partial charge in [-0.1, -0.05) is 5.21 Å². The van der Waals surface area contributed by atoms with Crippen molar-refractivity contribution < 1.29 is 13.5 Å². The third-order valence-electron chi connectivity index (χ3n) is 2.08. The number of hydrogen-bond acceptors (Lipinski definition) is 5. The summed E-state index contributed by atoms with van der Waals surface area (Å²) in [5.74, 6) is 0.614. The predicted molar refractivity (Wildman–Crippen MR) is 59.4 cm³/mol. The topological polar surface area (TPSA) is 64.9 Å². The number of aromatic nitrogens is 4. The molecule has 0 amide bonds. The van der Waals surface area contributed by atoms with Crippen LogP contribution in [-0.4, -0.2) is 33.1 Å². The van der Waals surface area contributed by atoms with Gasteiger partial charge >= 0.3 is 6.61 Å². The highest BCUT2D eigenvalue weighted by Gasteiger charge is 2.04. The SMILES string of the molecule is FC(F)Oc1ccc(NCCn2ccnn2)nc1. The van der Waals surface area contributed by atoms with Crippen LogP contribution in [0.25, 0.3) is 0 Å². The Hall–Kier alpha value is -2.25. The molecule has 96 valence electrons. The molecule has 0 aliphatic heterocycles. The van der Waals surface area contributed by atoms with Gasteiger partial charge in [-0.3, -0.25) is 4.68 Å². The zero-order chi connectivity index (χ0) is 12.8. The van der Waals surface area contributed by atoms with E-state index in [2.05, 4.69) is 25.3 Å². The van der Waals surface area contributed by atoms with Gasteiger partial charge in [0.25, 0.3) is 0 Å². The first-order chi connectivity index (χ1) is 8.74. The van der Waals surface area contributed by atoms with Crippen LogP contribution in [0.4, 0.5) is 14.6 Å². The van der Waals surface area contributed by atoms with Crippen molar-refractivity contribution in [3.05, 3.63) is 30.7 Å². The van der Waals surface area contributed by atoms with Crippen LogP contribution < -0.4 is 10.1 Å². The molecule has 0 aromatic carbocycles. The summed E-state index contributed by atoms with van der Waals surface area (Å²) in [6.07, 6.45) is 4.58. The Morgan fingerprint density at radius 2 is 2.28 bits per heavy atom. The average Bonchev–Trinajstić information content (AvgIpc) is 2.84. The Labute approximate surface area is 102 Å². The van der Waals surface area contributed by atoms with Crippen molar-refractivity contribution in [2.75, 3.05) is 11.9 Å². The molecule has 0 atom stereocenters. The lowest BCUT2D eigenvalue weighted by atomic mass is 10.4. The molecule has 1 N–H and O–H groups in total. The molecule has 0 aliphatic rings. The number of nitrogens with zero attached hydrogens (tertiary/aromatic N) is 4. The van der Waals surface area contributed by atoms with Crippen molar-refractivity contribution in [1.29, 1.82) is 0 Å². The highest BCUT2D eigenvalue weighted by molar-refractivity contribution is 5.37. The van der Waals surface area contributed by atoms with Gasteiger partial charge in [0, 0.05) is 12.7 Å². The van der Waals surface area contributed by atoms with E-state index < -0.39 is 6.61 Å². The lowest BCUT2D eigenvalue weighted by Gasteiger charge is -2.07. The lowest BCUT2D eigenvalue weighted by Crippen LogP contribution is -2.12. The summed E-state index contributed by atoms with van der Waals surface area (Å²) in [4.78, 5) is 3.94. The van der Waals surface area contributed by atoms with Crippen LogP contribution in [0.3, 0.4) is 0 Å². The molecule has 0 unspecified atom stereocenters. The Morgan fingerprint density at radius 1 is 1.39 bits per heavy atom. The van der Waals surface area contributed by atoms with Crippen molar-refractivity contribution in [3.8, 4) is 5.75 Å². The summed E-state index contributed by atoms with van der Waals surface area (Å²) >= 11 is 0. The van der Waals surface area contributed by atoms with Crippen molar-refractivity contribution in [3.63, 3.8) is 0 Å². The fourth-order valence-electron chi connectivity index (χ4n) is 1.31. The first-order valence-corrected chi connectivity index (χ1v) is 5.23. The summed E-state index contributed by atoms with van der Waals surface area (Å²) < 4.78 is 29.7. The second-order valence-electron chi connectivity index (χ2n) is 3.35. The van der Waals surface area contributed by atoms with Gasteiger partial charge in [0.1, 0.15) is 11.6 Å². The number of halogens is 2. The van der Waals surface area contributed by atoms with Gasteiger partial charge < -0.3 is 10.1 Å². The van der Waals surface area contributed by atoms with Crippen molar-refractivity contribution in [2.45, 2.75) is 13.2 Å². The Balaban J connectivity index is 1.79. The largest absolute Gasteiger partial charge is 0.433 e. The molecule has 0 aliphatic carbocycles. The van der Waals surface area contributed by atoms with Crippen LogP contribution in [0, 0.1) is 0 Å². The minimum Gasteiger partial charge on any atom is -0.433 e. The maximum absolute atomic E-state index is 11.9. The molecule has 0 radical (unpaired) electrons. The van der Waals surface area contributed by atoms with Gasteiger partial charge in [0.05, 0.1) is 18.9 Å². The van der Waals surface area contributed by atoms with Gasteiger partial charge in [-0.2, -0.15) is 8.78 Å². The Bertz CT molecular complexity index is 460. The minimum atomic E-state index is -2.84. The maximum Gasteiger partial charge on any atom is 0.387 e. The minimum absolute atomic E-state index is 0.0341. The van der Waals surface area contributed by atoms with E-state index >= 15 is 0 Å². The number of hydrogen-bond donors (Lipinski definition) is 1. The van der Waals surface area contributed by atoms with Crippen LogP contribution >= 0.6 is 0 Å². The molecule has 0 spiro atoms. The van der Waals surface area contributed by atoms with Gasteiger partial charge in [-0.05, 0) is 12.1 Å². The second kappa shape index (κ2) is 5.89. The zero-order valence-electron chi connectivity index (χ0n) is 9.33. The molecule has 2 heterocycles. The monoisotopic (exact) mass is 255 g/mol. The summed E-state index contributed by atoms with van der Waals surface area (Å²) in [6.45, 7) is -1.60. The number of rotatable bonds is 6. The van der Waals surface area contributed by atoms with Crippen LogP contribution in [0.1, 0.15) is 0 Å². The van der Waals surface area contributed by atoms with Crippen LogP contribution in [0.15, 0.2) is 30.7 Å². The van der Waals surface area contributed by atoms with E-state index in [1.807, 2.05) is 0 Å². The maximum atomic E-state index is 11.9. The van der Waals surface area contributed by atoms with Gasteiger partial charge in [0.2, 0.25) is 0 Å². The standard InChI is InChI=1S/C10H11F2N5O/c11-10(12)18-8-1-2-9(14-7-8)13-3-5-17-6-4-15-16-17/h1-2,4,6-7,10H,3,5H2,(H,13,14). The van der Waals surface area contributed by atoms with E-state index in [1.165, 1.54) is 12.3 Å². The van der Waals surface area contributed by atoms with E-state index in [0.717, 1.165) is 0 Å². The summed E-state index contributed by atoms with van der Waals surface area (Å²) in [6, 6.07) is 3.00. The highest BCUT2D eigenvalue weighted by atomic mass is 19.3. The number of nitrogens with one attached hydrogen (secondary N) is 1. The zero-order valence-corrected chi connectivity index (χ0v) is 9.33. The Kier molecular flexibility index (Phi) is 4.00. The third-order valence-corrected chi connectivity index (χ3v) is 2.08. The Morgan fingerprint density at radius 3 is 2.89 bits per heavy atom. The fourth-order valence-corrected chi connectivity index (χ4v) is 1.31. The van der Waals surface area contributed by atoms with Crippen molar-refractivity contribution in [1.82, 2.24) is 20.0 Å². The summed E-state index contributed by atoms with van der Waals surface area (Å²) in [7, 11) is 0. The fraction of sp³-hybridized carbons (Fsp3) is 0.300. The molecular weight excluding hydrogens is 244 g/mol. The van der Waals surface area contributed by atoms with Gasteiger partial charge in [-0.15, -0.1) is 5.10 Å². The molecule has 6 nitrogen and oxygen atoms in total. The molecule has 18 heavy (non-hydrogen) atoms. The van der Waals surface area contributed by atoms with Crippen molar-refractivity contribution in [2.24, 2.45) is 0 Å². The number of anilines is 1. The van der Waals surface area contributed by atoms with Gasteiger partial charge in [0.15, 0.2) is 0 Å². The first-order valence-electron chi connectivity index (χ1n) is 5.23. The van der Waals surface area contributed by atoms with E-state index in [-0.39, 0.29) is 5.75 Å². The van der Waals surface area contributed by atoms with Crippen LogP contribution in [0.2, 0.25) is 0 Å². The third kappa shape index (κ3) is 3.65. The van der Waals surface area contributed by atoms with E-state index in [0.29, 0.717) is 18.9 Å². The molecule has 2 aromatic rings. The molecule has 0 saturated heterocycles. The molecular formula is C10H11F2N5O. The molecule has 0 fully saturated rings. The predicted octanol–water partition coefficient (Wildman–Crippen LogP) is 1.39. The quantitative estimate of drug-likeness (QED) is 0.844. The summed E-state index contributed by atoms with van der Waals surface area (Å²) in [5.41, 5.74) is 0.